The Balaban J connectivity index is 1.61. The fourth-order valence-corrected chi connectivity index (χ4v) is 3.70. The van der Waals surface area contributed by atoms with Gasteiger partial charge >= 0.3 is 0 Å². The molecule has 0 aliphatic carbocycles. The summed E-state index contributed by atoms with van der Waals surface area (Å²) in [5.41, 5.74) is 6.77. The number of nitrogens with one attached hydrogen (secondary N) is 1. The molecule has 0 radical (unpaired) electrons. The van der Waals surface area contributed by atoms with Crippen molar-refractivity contribution in [2.24, 2.45) is 0 Å². The van der Waals surface area contributed by atoms with Gasteiger partial charge in [-0.05, 0) is 55.7 Å². The minimum Gasteiger partial charge on any atom is -0.326 e. The normalized spacial score (nSPS) is 11.0. The number of imidazole rings is 1. The minimum absolute atomic E-state index is 0.00432. The molecule has 0 atom stereocenters. The number of carbonyl (C=O) groups is 1. The summed E-state index contributed by atoms with van der Waals surface area (Å²) in [7, 11) is 0. The summed E-state index contributed by atoms with van der Waals surface area (Å²) in [6.45, 7) is 4.01. The van der Waals surface area contributed by atoms with Crippen LogP contribution in [0.15, 0.2) is 66.9 Å². The number of pyridine rings is 1. The number of benzene rings is 2. The van der Waals surface area contributed by atoms with Gasteiger partial charge in [0, 0.05) is 28.9 Å². The number of hydrogen-bond donors (Lipinski definition) is 1. The van der Waals surface area contributed by atoms with Crippen LogP contribution in [-0.4, -0.2) is 15.3 Å². The van der Waals surface area contributed by atoms with Crippen molar-refractivity contribution < 1.29 is 4.79 Å². The van der Waals surface area contributed by atoms with Crippen LogP contribution >= 0.6 is 11.6 Å². The largest absolute Gasteiger partial charge is 0.326 e. The molecule has 2 aromatic heterocycles. The summed E-state index contributed by atoms with van der Waals surface area (Å²) in [5, 5.41) is 3.76. The molecule has 0 aliphatic rings. The van der Waals surface area contributed by atoms with E-state index >= 15 is 0 Å². The third-order valence-corrected chi connectivity index (χ3v) is 5.33. The van der Waals surface area contributed by atoms with Crippen LogP contribution < -0.4 is 5.32 Å². The Labute approximate surface area is 175 Å². The molecule has 1 amide bonds. The molecule has 0 unspecified atom stereocenters. The molecule has 146 valence electrons. The van der Waals surface area contributed by atoms with E-state index in [0.29, 0.717) is 17.9 Å². The van der Waals surface area contributed by atoms with E-state index in [1.165, 1.54) is 0 Å². The lowest BCUT2D eigenvalue weighted by molar-refractivity contribution is -0.116. The predicted molar refractivity (Wildman–Crippen MR) is 119 cm³/mol. The highest BCUT2D eigenvalue weighted by atomic mass is 35.5. The van der Waals surface area contributed by atoms with Crippen molar-refractivity contribution in [2.75, 3.05) is 5.32 Å². The average molecular weight is 404 g/mol. The lowest BCUT2D eigenvalue weighted by atomic mass is 10.1. The first kappa shape index (κ1) is 19.2. The molecule has 0 saturated carbocycles. The topological polar surface area (TPSA) is 46.4 Å². The van der Waals surface area contributed by atoms with Gasteiger partial charge in [0.15, 0.2) is 0 Å². The molecule has 29 heavy (non-hydrogen) atoms. The fourth-order valence-electron chi connectivity index (χ4n) is 3.57. The molecule has 0 saturated heterocycles. The maximum absolute atomic E-state index is 12.7. The summed E-state index contributed by atoms with van der Waals surface area (Å²) in [6.07, 6.45) is 2.94. The number of halogens is 1. The Morgan fingerprint density at radius 1 is 1.00 bits per heavy atom. The van der Waals surface area contributed by atoms with Crippen molar-refractivity contribution in [3.63, 3.8) is 0 Å². The molecule has 4 nitrogen and oxygen atoms in total. The van der Waals surface area contributed by atoms with Crippen LogP contribution in [0, 0.1) is 13.8 Å². The molecule has 2 heterocycles. The van der Waals surface area contributed by atoms with E-state index in [4.69, 9.17) is 16.6 Å². The standard InChI is InChI=1S/C24H22ClN3O/c1-16-6-5-7-17(2)23(16)27-22(29)14-13-20-24(18-9-11-19(25)12-10-18)26-21-8-3-4-15-28(20)21/h3-12,15H,13-14H2,1-2H3,(H,27,29). The number of rotatable bonds is 5. The lowest BCUT2D eigenvalue weighted by Crippen LogP contribution is -2.14. The van der Waals surface area contributed by atoms with E-state index in [9.17, 15) is 4.79 Å². The lowest BCUT2D eigenvalue weighted by Gasteiger charge is -2.12. The Kier molecular flexibility index (Phi) is 5.36. The van der Waals surface area contributed by atoms with Gasteiger partial charge in [0.05, 0.1) is 11.4 Å². The monoisotopic (exact) mass is 403 g/mol. The van der Waals surface area contributed by atoms with Gasteiger partial charge in [0.1, 0.15) is 5.65 Å². The molecule has 0 aliphatic heterocycles. The van der Waals surface area contributed by atoms with Crippen LogP contribution in [0.3, 0.4) is 0 Å². The van der Waals surface area contributed by atoms with Gasteiger partial charge in [-0.25, -0.2) is 4.98 Å². The molecule has 2 aromatic carbocycles. The van der Waals surface area contributed by atoms with E-state index in [2.05, 4.69) is 9.72 Å². The van der Waals surface area contributed by atoms with Crippen molar-refractivity contribution in [3.05, 3.63) is 88.7 Å². The number of anilines is 1. The van der Waals surface area contributed by atoms with Crippen LogP contribution in [0.5, 0.6) is 0 Å². The van der Waals surface area contributed by atoms with E-state index in [-0.39, 0.29) is 5.91 Å². The van der Waals surface area contributed by atoms with Crippen LogP contribution in [0.2, 0.25) is 5.02 Å². The van der Waals surface area contributed by atoms with Gasteiger partial charge in [0.2, 0.25) is 5.91 Å². The molecule has 5 heteroatoms. The number of fused-ring (bicyclic) bond motifs is 1. The van der Waals surface area contributed by atoms with Crippen LogP contribution in [0.4, 0.5) is 5.69 Å². The zero-order valence-electron chi connectivity index (χ0n) is 16.4. The van der Waals surface area contributed by atoms with Gasteiger partial charge in [-0.1, -0.05) is 48.0 Å². The van der Waals surface area contributed by atoms with E-state index in [0.717, 1.165) is 39.4 Å². The summed E-state index contributed by atoms with van der Waals surface area (Å²) < 4.78 is 2.05. The average Bonchev–Trinajstić information content (AvgIpc) is 3.08. The number of aryl methyl sites for hydroxylation is 3. The highest BCUT2D eigenvalue weighted by Crippen LogP contribution is 2.27. The van der Waals surface area contributed by atoms with Crippen LogP contribution in [-0.2, 0) is 11.2 Å². The number of nitrogens with zero attached hydrogens (tertiary/aromatic N) is 2. The molecule has 0 bridgehead atoms. The molecular weight excluding hydrogens is 382 g/mol. The summed E-state index contributed by atoms with van der Waals surface area (Å²) >= 11 is 6.04. The van der Waals surface area contributed by atoms with Gasteiger partial charge in [-0.3, -0.25) is 4.79 Å². The van der Waals surface area contributed by atoms with Crippen LogP contribution in [0.25, 0.3) is 16.9 Å². The smallest absolute Gasteiger partial charge is 0.224 e. The molecule has 1 N–H and O–H groups in total. The molecule has 4 rings (SSSR count). The third kappa shape index (κ3) is 4.03. The zero-order chi connectivity index (χ0) is 20.4. The Morgan fingerprint density at radius 2 is 1.72 bits per heavy atom. The second-order valence-electron chi connectivity index (χ2n) is 7.16. The number of amides is 1. The molecule has 0 spiro atoms. The zero-order valence-corrected chi connectivity index (χ0v) is 17.2. The van der Waals surface area contributed by atoms with Crippen molar-refractivity contribution >= 4 is 28.8 Å². The number of aromatic nitrogens is 2. The first-order valence-electron chi connectivity index (χ1n) is 9.61. The fraction of sp³-hybridized carbons (Fsp3) is 0.167. The van der Waals surface area contributed by atoms with Gasteiger partial charge < -0.3 is 9.72 Å². The van der Waals surface area contributed by atoms with Crippen molar-refractivity contribution in [3.8, 4) is 11.3 Å². The predicted octanol–water partition coefficient (Wildman–Crippen LogP) is 5.84. The highest BCUT2D eigenvalue weighted by molar-refractivity contribution is 6.30. The van der Waals surface area contributed by atoms with Crippen molar-refractivity contribution in [1.29, 1.82) is 0 Å². The van der Waals surface area contributed by atoms with Gasteiger partial charge in [-0.2, -0.15) is 0 Å². The van der Waals surface area contributed by atoms with Crippen LogP contribution in [0.1, 0.15) is 23.2 Å². The van der Waals surface area contributed by atoms with E-state index in [1.54, 1.807) is 0 Å². The number of para-hydroxylation sites is 1. The van der Waals surface area contributed by atoms with Gasteiger partial charge in [0.25, 0.3) is 0 Å². The second kappa shape index (κ2) is 8.10. The number of carbonyl (C=O) groups excluding carboxylic acids is 1. The maximum atomic E-state index is 12.7. The summed E-state index contributed by atoms with van der Waals surface area (Å²) in [6, 6.07) is 19.6. The second-order valence-corrected chi connectivity index (χ2v) is 7.59. The van der Waals surface area contributed by atoms with Crippen molar-refractivity contribution in [2.45, 2.75) is 26.7 Å². The SMILES string of the molecule is Cc1cccc(C)c1NC(=O)CCc1c(-c2ccc(Cl)cc2)nc2ccccn12. The third-order valence-electron chi connectivity index (χ3n) is 5.08. The van der Waals surface area contributed by atoms with E-state index < -0.39 is 0 Å². The molecular formula is C24H22ClN3O. The number of hydrogen-bond acceptors (Lipinski definition) is 2. The Hall–Kier alpha value is -3.11. The summed E-state index contributed by atoms with van der Waals surface area (Å²) in [4.78, 5) is 17.5. The van der Waals surface area contributed by atoms with Crippen molar-refractivity contribution in [1.82, 2.24) is 9.38 Å². The Bertz CT molecular complexity index is 1160. The quantitative estimate of drug-likeness (QED) is 0.454. The van der Waals surface area contributed by atoms with Gasteiger partial charge in [-0.15, -0.1) is 0 Å². The maximum Gasteiger partial charge on any atom is 0.224 e. The first-order valence-corrected chi connectivity index (χ1v) is 9.98. The summed E-state index contributed by atoms with van der Waals surface area (Å²) in [5.74, 6) is -0.00432. The minimum atomic E-state index is -0.00432. The first-order chi connectivity index (χ1) is 14.0. The highest BCUT2D eigenvalue weighted by Gasteiger charge is 2.16. The molecule has 0 fully saturated rings. The molecule has 4 aromatic rings. The Morgan fingerprint density at radius 3 is 2.45 bits per heavy atom. The van der Waals surface area contributed by atoms with E-state index in [1.807, 2.05) is 80.7 Å².